The van der Waals surface area contributed by atoms with Crippen molar-refractivity contribution >= 4 is 16.0 Å². The van der Waals surface area contributed by atoms with Crippen molar-refractivity contribution in [1.29, 1.82) is 0 Å². The third kappa shape index (κ3) is 4.53. The minimum absolute atomic E-state index is 0.0209. The van der Waals surface area contributed by atoms with E-state index >= 15 is 0 Å². The minimum atomic E-state index is -3.41. The first-order valence-electron chi connectivity index (χ1n) is 8.67. The summed E-state index contributed by atoms with van der Waals surface area (Å²) in [6.45, 7) is 7.81. The number of rotatable bonds is 8. The molecule has 0 aliphatic heterocycles. The first-order valence-corrected chi connectivity index (χ1v) is 10.3. The van der Waals surface area contributed by atoms with E-state index in [1.807, 2.05) is 44.2 Å². The fourth-order valence-electron chi connectivity index (χ4n) is 2.83. The topological polar surface area (TPSA) is 79.5 Å². The summed E-state index contributed by atoms with van der Waals surface area (Å²) in [5.74, 6) is -0.403. The number of esters is 1. The van der Waals surface area contributed by atoms with Gasteiger partial charge in [0.1, 0.15) is 5.69 Å². The zero-order chi connectivity index (χ0) is 19.3. The number of ether oxygens (including phenoxy) is 1. The number of carbonyl (C=O) groups is 1. The maximum Gasteiger partial charge on any atom is 0.355 e. The number of aromatic nitrogens is 1. The summed E-state index contributed by atoms with van der Waals surface area (Å²) < 4.78 is 31.7. The number of nitrogens with one attached hydrogen (secondary N) is 1. The van der Waals surface area contributed by atoms with Crippen LogP contribution < -0.4 is 0 Å². The Morgan fingerprint density at radius 2 is 1.77 bits per heavy atom. The molecule has 0 aliphatic carbocycles. The molecule has 2 aromatic rings. The largest absolute Gasteiger partial charge is 0.461 e. The highest BCUT2D eigenvalue weighted by Crippen LogP contribution is 2.23. The Bertz CT molecular complexity index is 857. The Balaban J connectivity index is 2.35. The van der Waals surface area contributed by atoms with Gasteiger partial charge in [0.15, 0.2) is 0 Å². The van der Waals surface area contributed by atoms with Crippen LogP contribution in [0.1, 0.15) is 46.7 Å². The molecule has 0 saturated heterocycles. The van der Waals surface area contributed by atoms with Crippen LogP contribution in [0.4, 0.5) is 0 Å². The van der Waals surface area contributed by atoms with E-state index in [0.29, 0.717) is 5.69 Å². The van der Waals surface area contributed by atoms with Crippen molar-refractivity contribution in [2.24, 2.45) is 0 Å². The van der Waals surface area contributed by atoms with E-state index in [1.54, 1.807) is 13.8 Å². The van der Waals surface area contributed by atoms with Crippen molar-refractivity contribution in [3.8, 4) is 0 Å². The third-order valence-corrected chi connectivity index (χ3v) is 6.14. The Morgan fingerprint density at radius 1 is 1.12 bits per heavy atom. The maximum atomic E-state index is 12.6. The lowest BCUT2D eigenvalue weighted by Gasteiger charge is -2.22. The predicted molar refractivity (Wildman–Crippen MR) is 101 cm³/mol. The van der Waals surface area contributed by atoms with Gasteiger partial charge in [0, 0.05) is 18.8 Å². The molecule has 26 heavy (non-hydrogen) atoms. The molecule has 0 unspecified atom stereocenters. The molecule has 1 N–H and O–H groups in total. The predicted octanol–water partition coefficient (Wildman–Crippen LogP) is 3.16. The standard InChI is InChI=1S/C19H26N2O4S/c1-5-25-19(22)18-14(3)17(15(4)20-18)13-21(26(23,24)6-2)12-16-10-8-7-9-11-16/h7-11,20H,5-6,12-13H2,1-4H3. The van der Waals surface area contributed by atoms with Crippen LogP contribution in [0.3, 0.4) is 0 Å². The molecule has 0 radical (unpaired) electrons. The molecule has 1 aromatic heterocycles. The average molecular weight is 378 g/mol. The SMILES string of the molecule is CCOC(=O)c1[nH]c(C)c(CN(Cc2ccccc2)S(=O)(=O)CC)c1C. The fraction of sp³-hybridized carbons (Fsp3) is 0.421. The molecule has 0 aliphatic rings. The zero-order valence-electron chi connectivity index (χ0n) is 15.7. The minimum Gasteiger partial charge on any atom is -0.461 e. The van der Waals surface area contributed by atoms with E-state index in [4.69, 9.17) is 4.74 Å². The maximum absolute atomic E-state index is 12.6. The Labute approximate surface area is 155 Å². The highest BCUT2D eigenvalue weighted by Gasteiger charge is 2.25. The second-order valence-electron chi connectivity index (χ2n) is 6.10. The molecule has 0 bridgehead atoms. The van der Waals surface area contributed by atoms with Crippen LogP contribution in [-0.4, -0.2) is 36.0 Å². The van der Waals surface area contributed by atoms with E-state index in [9.17, 15) is 13.2 Å². The van der Waals surface area contributed by atoms with E-state index in [-0.39, 0.29) is 25.4 Å². The third-order valence-electron chi connectivity index (χ3n) is 4.37. The van der Waals surface area contributed by atoms with Crippen molar-refractivity contribution in [3.63, 3.8) is 0 Å². The molecule has 0 atom stereocenters. The number of carbonyl (C=O) groups excluding carboxylic acids is 1. The summed E-state index contributed by atoms with van der Waals surface area (Å²) in [6, 6.07) is 9.47. The first-order chi connectivity index (χ1) is 12.3. The Hall–Kier alpha value is -2.12. The summed E-state index contributed by atoms with van der Waals surface area (Å²) in [6.07, 6.45) is 0. The van der Waals surface area contributed by atoms with Gasteiger partial charge >= 0.3 is 5.97 Å². The molecule has 7 heteroatoms. The highest BCUT2D eigenvalue weighted by molar-refractivity contribution is 7.89. The van der Waals surface area contributed by atoms with E-state index in [0.717, 1.165) is 22.4 Å². The number of aryl methyl sites for hydroxylation is 1. The molecule has 0 spiro atoms. The van der Waals surface area contributed by atoms with Gasteiger partial charge in [-0.15, -0.1) is 0 Å². The van der Waals surface area contributed by atoms with Gasteiger partial charge in [-0.1, -0.05) is 30.3 Å². The number of hydrogen-bond acceptors (Lipinski definition) is 4. The first kappa shape index (κ1) is 20.2. The summed E-state index contributed by atoms with van der Waals surface area (Å²) >= 11 is 0. The lowest BCUT2D eigenvalue weighted by molar-refractivity contribution is 0.0519. The number of benzene rings is 1. The van der Waals surface area contributed by atoms with Crippen molar-refractivity contribution in [2.75, 3.05) is 12.4 Å². The van der Waals surface area contributed by atoms with Crippen LogP contribution >= 0.6 is 0 Å². The molecular weight excluding hydrogens is 352 g/mol. The molecule has 0 fully saturated rings. The molecule has 1 aromatic carbocycles. The zero-order valence-corrected chi connectivity index (χ0v) is 16.5. The van der Waals surface area contributed by atoms with Gasteiger partial charge < -0.3 is 9.72 Å². The summed E-state index contributed by atoms with van der Waals surface area (Å²) in [5, 5.41) is 0. The van der Waals surface area contributed by atoms with Gasteiger partial charge in [-0.05, 0) is 44.4 Å². The van der Waals surface area contributed by atoms with Crippen LogP contribution in [-0.2, 0) is 27.8 Å². The number of hydrogen-bond donors (Lipinski definition) is 1. The molecule has 1 heterocycles. The summed E-state index contributed by atoms with van der Waals surface area (Å²) in [5.41, 5.74) is 3.61. The van der Waals surface area contributed by atoms with Crippen molar-refractivity contribution in [2.45, 2.75) is 40.8 Å². The highest BCUT2D eigenvalue weighted by atomic mass is 32.2. The van der Waals surface area contributed by atoms with E-state index in [2.05, 4.69) is 4.98 Å². The monoisotopic (exact) mass is 378 g/mol. The molecule has 2 rings (SSSR count). The average Bonchev–Trinajstić information content (AvgIpc) is 2.90. The van der Waals surface area contributed by atoms with Crippen LogP contribution in [0.25, 0.3) is 0 Å². The van der Waals surface area contributed by atoms with Crippen molar-refractivity contribution in [1.82, 2.24) is 9.29 Å². The van der Waals surface area contributed by atoms with E-state index < -0.39 is 16.0 Å². The van der Waals surface area contributed by atoms with Gasteiger partial charge in [-0.3, -0.25) is 0 Å². The quantitative estimate of drug-likeness (QED) is 0.716. The van der Waals surface area contributed by atoms with Crippen LogP contribution in [0, 0.1) is 13.8 Å². The summed E-state index contributed by atoms with van der Waals surface area (Å²) in [4.78, 5) is 15.1. The Kier molecular flexibility index (Phi) is 6.61. The molecule has 0 amide bonds. The second-order valence-corrected chi connectivity index (χ2v) is 8.36. The lowest BCUT2D eigenvalue weighted by atomic mass is 10.1. The smallest absolute Gasteiger partial charge is 0.355 e. The van der Waals surface area contributed by atoms with Crippen molar-refractivity contribution in [3.05, 3.63) is 58.4 Å². The number of sulfonamides is 1. The van der Waals surface area contributed by atoms with Crippen molar-refractivity contribution < 1.29 is 17.9 Å². The van der Waals surface area contributed by atoms with Gasteiger partial charge in [-0.25, -0.2) is 13.2 Å². The number of H-pyrrole nitrogens is 1. The molecule has 6 nitrogen and oxygen atoms in total. The number of aromatic amines is 1. The van der Waals surface area contributed by atoms with E-state index in [1.165, 1.54) is 4.31 Å². The molecule has 142 valence electrons. The van der Waals surface area contributed by atoms with Crippen LogP contribution in [0.15, 0.2) is 30.3 Å². The van der Waals surface area contributed by atoms with Gasteiger partial charge in [0.05, 0.1) is 12.4 Å². The summed E-state index contributed by atoms with van der Waals surface area (Å²) in [7, 11) is -3.41. The normalized spacial score (nSPS) is 11.7. The second kappa shape index (κ2) is 8.51. The van der Waals surface area contributed by atoms with Crippen LogP contribution in [0.2, 0.25) is 0 Å². The van der Waals surface area contributed by atoms with Gasteiger partial charge in [0.2, 0.25) is 10.0 Å². The lowest BCUT2D eigenvalue weighted by Crippen LogP contribution is -2.31. The number of nitrogens with zero attached hydrogens (tertiary/aromatic N) is 1. The van der Waals surface area contributed by atoms with Gasteiger partial charge in [0.25, 0.3) is 0 Å². The molecule has 0 saturated carbocycles. The Morgan fingerprint density at radius 3 is 2.35 bits per heavy atom. The van der Waals surface area contributed by atoms with Gasteiger partial charge in [-0.2, -0.15) is 4.31 Å². The van der Waals surface area contributed by atoms with Crippen LogP contribution in [0.5, 0.6) is 0 Å². The fourth-order valence-corrected chi connectivity index (χ4v) is 3.87. The molecular formula is C19H26N2O4S.